The van der Waals surface area contributed by atoms with E-state index >= 15 is 0 Å². The monoisotopic (exact) mass is 431 g/mol. The summed E-state index contributed by atoms with van der Waals surface area (Å²) in [5, 5.41) is 11.2. The third-order valence-corrected chi connectivity index (χ3v) is 5.49. The standard InChI is InChI=1S/C29H25N3O/c30-16-15-21(19-31)7-3-1-6-10-25(20-32)24-12-14-27-26-13-11-23(22-8-4-2-5-9-22)17-28(26)33-29(27)18-24/h2,4-18,20H,1,3,30,32H2/b10-6-,16-15-,21-7+,25-20+. The van der Waals surface area contributed by atoms with E-state index in [9.17, 15) is 0 Å². The molecule has 0 aliphatic carbocycles. The van der Waals surface area contributed by atoms with Crippen LogP contribution in [0.2, 0.25) is 0 Å². The van der Waals surface area contributed by atoms with Gasteiger partial charge in [-0.3, -0.25) is 0 Å². The molecule has 3 aromatic carbocycles. The van der Waals surface area contributed by atoms with Gasteiger partial charge in [-0.1, -0.05) is 60.7 Å². The quantitative estimate of drug-likeness (QED) is 0.191. The van der Waals surface area contributed by atoms with Crippen LogP contribution in [0.4, 0.5) is 0 Å². The Labute approximate surface area is 193 Å². The summed E-state index contributed by atoms with van der Waals surface area (Å²) in [4.78, 5) is 0. The third kappa shape index (κ3) is 4.89. The average Bonchev–Trinajstić information content (AvgIpc) is 3.23. The Kier molecular flexibility index (Phi) is 6.73. The Bertz CT molecular complexity index is 1430. The Balaban J connectivity index is 1.56. The number of nitrogens with zero attached hydrogens (tertiary/aromatic N) is 1. The third-order valence-electron chi connectivity index (χ3n) is 5.49. The first-order chi connectivity index (χ1) is 16.2. The summed E-state index contributed by atoms with van der Waals surface area (Å²) in [6.07, 6.45) is 12.0. The van der Waals surface area contributed by atoms with Gasteiger partial charge in [-0.05, 0) is 71.6 Å². The summed E-state index contributed by atoms with van der Waals surface area (Å²) in [5.74, 6) is 0. The smallest absolute Gasteiger partial charge is 0.136 e. The number of hydrogen-bond acceptors (Lipinski definition) is 4. The molecule has 4 heteroatoms. The molecule has 1 aromatic heterocycles. The highest BCUT2D eigenvalue weighted by Crippen LogP contribution is 2.33. The van der Waals surface area contributed by atoms with Crippen molar-refractivity contribution < 1.29 is 4.42 Å². The van der Waals surface area contributed by atoms with Gasteiger partial charge in [-0.15, -0.1) is 0 Å². The van der Waals surface area contributed by atoms with E-state index in [2.05, 4.69) is 48.5 Å². The van der Waals surface area contributed by atoms with E-state index < -0.39 is 0 Å². The lowest BCUT2D eigenvalue weighted by molar-refractivity contribution is 0.669. The van der Waals surface area contributed by atoms with Crippen LogP contribution in [-0.4, -0.2) is 0 Å². The molecule has 0 unspecified atom stereocenters. The molecule has 0 saturated carbocycles. The van der Waals surface area contributed by atoms with Gasteiger partial charge in [0.2, 0.25) is 0 Å². The number of furan rings is 1. The zero-order chi connectivity index (χ0) is 23.0. The number of allylic oxidation sites excluding steroid dienone is 6. The van der Waals surface area contributed by atoms with Crippen molar-refractivity contribution in [3.63, 3.8) is 0 Å². The topological polar surface area (TPSA) is 89.0 Å². The highest BCUT2D eigenvalue weighted by molar-refractivity contribution is 6.06. The van der Waals surface area contributed by atoms with Crippen LogP contribution in [0.15, 0.2) is 113 Å². The number of hydrogen-bond donors (Lipinski definition) is 2. The van der Waals surface area contributed by atoms with E-state index in [0.29, 0.717) is 5.57 Å². The minimum absolute atomic E-state index is 0.561. The van der Waals surface area contributed by atoms with Crippen molar-refractivity contribution in [1.29, 1.82) is 5.26 Å². The van der Waals surface area contributed by atoms with Crippen molar-refractivity contribution in [3.05, 3.63) is 115 Å². The molecule has 4 nitrogen and oxygen atoms in total. The molecule has 0 atom stereocenters. The van der Waals surface area contributed by atoms with Gasteiger partial charge in [-0.25, -0.2) is 0 Å². The van der Waals surface area contributed by atoms with Crippen molar-refractivity contribution in [3.8, 4) is 17.2 Å². The summed E-state index contributed by atoms with van der Waals surface area (Å²) < 4.78 is 6.21. The van der Waals surface area contributed by atoms with E-state index in [1.807, 2.05) is 42.5 Å². The molecule has 0 radical (unpaired) electrons. The molecular formula is C29H25N3O. The second-order valence-corrected chi connectivity index (χ2v) is 7.62. The van der Waals surface area contributed by atoms with Crippen molar-refractivity contribution in [2.75, 3.05) is 0 Å². The average molecular weight is 432 g/mol. The predicted octanol–water partition coefficient (Wildman–Crippen LogP) is 6.81. The molecule has 4 N–H and O–H groups in total. The van der Waals surface area contributed by atoms with Gasteiger partial charge in [0.25, 0.3) is 0 Å². The second-order valence-electron chi connectivity index (χ2n) is 7.62. The largest absolute Gasteiger partial charge is 0.456 e. The van der Waals surface area contributed by atoms with E-state index in [1.165, 1.54) is 6.20 Å². The molecule has 4 rings (SSSR count). The lowest BCUT2D eigenvalue weighted by atomic mass is 10.0. The molecule has 4 aromatic rings. The van der Waals surface area contributed by atoms with Gasteiger partial charge in [0.15, 0.2) is 0 Å². The predicted molar refractivity (Wildman–Crippen MR) is 137 cm³/mol. The fourth-order valence-electron chi connectivity index (χ4n) is 3.81. The molecule has 0 fully saturated rings. The first kappa shape index (κ1) is 21.7. The first-order valence-corrected chi connectivity index (χ1v) is 10.8. The number of nitrogens with two attached hydrogens (primary N) is 2. The number of benzene rings is 3. The van der Waals surface area contributed by atoms with Gasteiger partial charge in [0, 0.05) is 22.5 Å². The van der Waals surface area contributed by atoms with Gasteiger partial charge in [-0.2, -0.15) is 5.26 Å². The minimum Gasteiger partial charge on any atom is -0.456 e. The summed E-state index contributed by atoms with van der Waals surface area (Å²) in [6.45, 7) is 0. The Hall–Kier alpha value is -4.49. The molecule has 0 spiro atoms. The number of rotatable bonds is 7. The molecule has 162 valence electrons. The normalized spacial score (nSPS) is 12.8. The summed E-state index contributed by atoms with van der Waals surface area (Å²) in [7, 11) is 0. The summed E-state index contributed by atoms with van der Waals surface area (Å²) in [6, 6.07) is 24.9. The molecule has 0 saturated heterocycles. The van der Waals surface area contributed by atoms with Crippen LogP contribution in [0.5, 0.6) is 0 Å². The van der Waals surface area contributed by atoms with E-state index in [0.717, 1.165) is 57.0 Å². The van der Waals surface area contributed by atoms with Crippen LogP contribution >= 0.6 is 0 Å². The van der Waals surface area contributed by atoms with Crippen molar-refractivity contribution in [2.24, 2.45) is 11.5 Å². The Morgan fingerprint density at radius 3 is 2.33 bits per heavy atom. The van der Waals surface area contributed by atoms with Crippen molar-refractivity contribution in [2.45, 2.75) is 12.8 Å². The highest BCUT2D eigenvalue weighted by atomic mass is 16.3. The SMILES string of the molecule is N#CC(/C=C\N)=C/CC/C=C\C(=C/N)c1ccc2c(c1)oc1cc(-c3ccccc3)ccc12. The van der Waals surface area contributed by atoms with Gasteiger partial charge in [0.05, 0.1) is 6.07 Å². The lowest BCUT2D eigenvalue weighted by Gasteiger charge is -2.02. The Morgan fingerprint density at radius 1 is 0.848 bits per heavy atom. The van der Waals surface area contributed by atoms with E-state index in [1.54, 1.807) is 12.3 Å². The fraction of sp³-hybridized carbons (Fsp3) is 0.0690. The lowest BCUT2D eigenvalue weighted by Crippen LogP contribution is -1.87. The van der Waals surface area contributed by atoms with Gasteiger partial charge < -0.3 is 15.9 Å². The van der Waals surface area contributed by atoms with Gasteiger partial charge >= 0.3 is 0 Å². The molecule has 0 bridgehead atoms. The molecule has 0 amide bonds. The molecule has 0 aliphatic rings. The highest BCUT2D eigenvalue weighted by Gasteiger charge is 2.10. The maximum absolute atomic E-state index is 9.02. The summed E-state index contributed by atoms with van der Waals surface area (Å²) in [5.41, 5.74) is 17.7. The van der Waals surface area contributed by atoms with Crippen LogP contribution in [0.1, 0.15) is 18.4 Å². The maximum atomic E-state index is 9.02. The van der Waals surface area contributed by atoms with Crippen molar-refractivity contribution in [1.82, 2.24) is 0 Å². The van der Waals surface area contributed by atoms with E-state index in [-0.39, 0.29) is 0 Å². The zero-order valence-corrected chi connectivity index (χ0v) is 18.2. The number of unbranched alkanes of at least 4 members (excludes halogenated alkanes) is 1. The number of nitriles is 1. The van der Waals surface area contributed by atoms with Crippen LogP contribution in [0.3, 0.4) is 0 Å². The fourth-order valence-corrected chi connectivity index (χ4v) is 3.81. The molecular weight excluding hydrogens is 406 g/mol. The molecule has 0 aliphatic heterocycles. The van der Waals surface area contributed by atoms with Crippen molar-refractivity contribution >= 4 is 27.5 Å². The minimum atomic E-state index is 0.561. The van der Waals surface area contributed by atoms with Gasteiger partial charge in [0.1, 0.15) is 11.2 Å². The number of fused-ring (bicyclic) bond motifs is 3. The molecule has 1 heterocycles. The van der Waals surface area contributed by atoms with Crippen LogP contribution in [0.25, 0.3) is 38.6 Å². The maximum Gasteiger partial charge on any atom is 0.136 e. The summed E-state index contributed by atoms with van der Waals surface area (Å²) >= 11 is 0. The van der Waals surface area contributed by atoms with Crippen LogP contribution in [0, 0.1) is 11.3 Å². The van der Waals surface area contributed by atoms with Crippen LogP contribution in [-0.2, 0) is 0 Å². The Morgan fingerprint density at radius 2 is 1.61 bits per heavy atom. The second kappa shape index (κ2) is 10.2. The molecule has 33 heavy (non-hydrogen) atoms. The van der Waals surface area contributed by atoms with E-state index in [4.69, 9.17) is 21.1 Å². The zero-order valence-electron chi connectivity index (χ0n) is 18.2. The van der Waals surface area contributed by atoms with Crippen LogP contribution < -0.4 is 11.5 Å². The first-order valence-electron chi connectivity index (χ1n) is 10.8.